The van der Waals surface area contributed by atoms with E-state index in [1.807, 2.05) is 31.3 Å². The highest BCUT2D eigenvalue weighted by atomic mass is 15.4. The van der Waals surface area contributed by atoms with Crippen LogP contribution in [0.2, 0.25) is 0 Å². The average Bonchev–Trinajstić information content (AvgIpc) is 3.15. The Bertz CT molecular complexity index is 675. The van der Waals surface area contributed by atoms with Gasteiger partial charge in [-0.3, -0.25) is 0 Å². The number of hydrogen-bond donors (Lipinski definition) is 0. The van der Waals surface area contributed by atoms with Gasteiger partial charge in [-0.25, -0.2) is 14.6 Å². The van der Waals surface area contributed by atoms with Gasteiger partial charge in [0.1, 0.15) is 5.82 Å². The minimum absolute atomic E-state index is 0.112. The molecule has 0 amide bonds. The minimum atomic E-state index is -0.112. The van der Waals surface area contributed by atoms with E-state index in [0.717, 1.165) is 23.0 Å². The fourth-order valence-corrected chi connectivity index (χ4v) is 3.25. The molecule has 0 spiro atoms. The van der Waals surface area contributed by atoms with Gasteiger partial charge in [-0.1, -0.05) is 12.8 Å². The molecular formula is C18H27N5. The highest BCUT2D eigenvalue weighted by Gasteiger charge is 2.28. The van der Waals surface area contributed by atoms with Crippen LogP contribution in [-0.4, -0.2) is 33.8 Å². The molecule has 2 heterocycles. The second-order valence-electron chi connectivity index (χ2n) is 7.63. The lowest BCUT2D eigenvalue weighted by atomic mass is 10.1. The van der Waals surface area contributed by atoms with E-state index < -0.39 is 0 Å². The highest BCUT2D eigenvalue weighted by Crippen LogP contribution is 2.36. The van der Waals surface area contributed by atoms with Crippen molar-refractivity contribution >= 4 is 5.82 Å². The molecule has 124 valence electrons. The van der Waals surface area contributed by atoms with Crippen molar-refractivity contribution in [3.05, 3.63) is 24.2 Å². The summed E-state index contributed by atoms with van der Waals surface area (Å²) in [5, 5.41) is 4.90. The van der Waals surface area contributed by atoms with Gasteiger partial charge >= 0.3 is 0 Å². The normalized spacial score (nSPS) is 16.0. The summed E-state index contributed by atoms with van der Waals surface area (Å²) in [6, 6.07) is 4.06. The van der Waals surface area contributed by atoms with Crippen LogP contribution in [0.15, 0.2) is 18.3 Å². The van der Waals surface area contributed by atoms with Crippen molar-refractivity contribution in [1.82, 2.24) is 19.7 Å². The van der Waals surface area contributed by atoms with E-state index in [2.05, 4.69) is 36.5 Å². The predicted molar refractivity (Wildman–Crippen MR) is 93.8 cm³/mol. The van der Waals surface area contributed by atoms with Crippen molar-refractivity contribution in [3.63, 3.8) is 0 Å². The Kier molecular flexibility index (Phi) is 4.13. The summed E-state index contributed by atoms with van der Waals surface area (Å²) in [6.07, 6.45) is 6.83. The molecule has 1 saturated carbocycles. The van der Waals surface area contributed by atoms with Crippen LogP contribution in [0.5, 0.6) is 0 Å². The van der Waals surface area contributed by atoms with E-state index >= 15 is 0 Å². The number of anilines is 1. The maximum absolute atomic E-state index is 4.96. The molecule has 5 nitrogen and oxygen atoms in total. The minimum Gasteiger partial charge on any atom is -0.362 e. The second-order valence-corrected chi connectivity index (χ2v) is 7.63. The lowest BCUT2D eigenvalue weighted by Gasteiger charge is -2.23. The first-order chi connectivity index (χ1) is 10.9. The van der Waals surface area contributed by atoms with E-state index in [-0.39, 0.29) is 5.54 Å². The summed E-state index contributed by atoms with van der Waals surface area (Å²) in [5.74, 6) is 3.37. The third-order valence-electron chi connectivity index (χ3n) is 4.43. The first kappa shape index (κ1) is 16.0. The van der Waals surface area contributed by atoms with Crippen molar-refractivity contribution in [2.24, 2.45) is 0 Å². The highest BCUT2D eigenvalue weighted by molar-refractivity contribution is 5.70. The molecule has 2 aromatic rings. The van der Waals surface area contributed by atoms with Gasteiger partial charge < -0.3 is 4.90 Å². The molecule has 0 N–H and O–H groups in total. The molecule has 0 atom stereocenters. The van der Waals surface area contributed by atoms with Crippen molar-refractivity contribution < 1.29 is 0 Å². The van der Waals surface area contributed by atoms with Gasteiger partial charge in [-0.15, -0.1) is 0 Å². The maximum atomic E-state index is 4.96. The van der Waals surface area contributed by atoms with Gasteiger partial charge in [0.2, 0.25) is 0 Å². The molecule has 1 fully saturated rings. The molecule has 5 heteroatoms. The first-order valence-corrected chi connectivity index (χ1v) is 8.48. The Morgan fingerprint density at radius 3 is 2.48 bits per heavy atom. The van der Waals surface area contributed by atoms with Gasteiger partial charge in [-0.2, -0.15) is 5.10 Å². The standard InChI is InChI=1S/C18H27N5/c1-18(2,3)23-17(14-11-8-12-19-16(14)22(4)5)20-15(21-23)13-9-6-7-10-13/h8,11-13H,6-7,9-10H2,1-5H3. The molecule has 0 saturated heterocycles. The fraction of sp³-hybridized carbons (Fsp3) is 0.611. The fourth-order valence-electron chi connectivity index (χ4n) is 3.25. The lowest BCUT2D eigenvalue weighted by molar-refractivity contribution is 0.355. The van der Waals surface area contributed by atoms with Gasteiger partial charge in [0.15, 0.2) is 11.6 Å². The molecule has 3 rings (SSSR count). The SMILES string of the molecule is CN(C)c1ncccc1-c1nc(C2CCCC2)nn1C(C)(C)C. The molecule has 0 bridgehead atoms. The van der Waals surface area contributed by atoms with E-state index in [9.17, 15) is 0 Å². The number of aromatic nitrogens is 4. The second kappa shape index (κ2) is 5.95. The van der Waals surface area contributed by atoms with Gasteiger partial charge in [-0.05, 0) is 45.7 Å². The lowest BCUT2D eigenvalue weighted by Crippen LogP contribution is -2.25. The smallest absolute Gasteiger partial charge is 0.162 e. The molecule has 2 aromatic heterocycles. The van der Waals surface area contributed by atoms with E-state index in [4.69, 9.17) is 10.1 Å². The zero-order chi connectivity index (χ0) is 16.6. The Morgan fingerprint density at radius 1 is 1.17 bits per heavy atom. The van der Waals surface area contributed by atoms with E-state index in [1.54, 1.807) is 0 Å². The van der Waals surface area contributed by atoms with Crippen LogP contribution in [0, 0.1) is 0 Å². The van der Waals surface area contributed by atoms with Crippen molar-refractivity contribution in [2.75, 3.05) is 19.0 Å². The van der Waals surface area contributed by atoms with Crippen LogP contribution in [-0.2, 0) is 5.54 Å². The van der Waals surface area contributed by atoms with E-state index in [0.29, 0.717) is 5.92 Å². The summed E-state index contributed by atoms with van der Waals surface area (Å²) >= 11 is 0. The quantitative estimate of drug-likeness (QED) is 0.864. The van der Waals surface area contributed by atoms with Crippen LogP contribution >= 0.6 is 0 Å². The molecule has 0 aromatic carbocycles. The summed E-state index contributed by atoms with van der Waals surface area (Å²) in [4.78, 5) is 11.5. The Morgan fingerprint density at radius 2 is 1.87 bits per heavy atom. The van der Waals surface area contributed by atoms with Crippen LogP contribution in [0.25, 0.3) is 11.4 Å². The summed E-state index contributed by atoms with van der Waals surface area (Å²) in [7, 11) is 4.03. The maximum Gasteiger partial charge on any atom is 0.162 e. The molecule has 1 aliphatic rings. The van der Waals surface area contributed by atoms with Crippen LogP contribution in [0.4, 0.5) is 5.82 Å². The van der Waals surface area contributed by atoms with Crippen LogP contribution in [0.3, 0.4) is 0 Å². The van der Waals surface area contributed by atoms with Gasteiger partial charge in [0, 0.05) is 26.2 Å². The molecule has 1 aliphatic carbocycles. The number of pyridine rings is 1. The largest absolute Gasteiger partial charge is 0.362 e. The van der Waals surface area contributed by atoms with Gasteiger partial charge in [0.05, 0.1) is 11.1 Å². The Hall–Kier alpha value is -1.91. The van der Waals surface area contributed by atoms with E-state index in [1.165, 1.54) is 25.7 Å². The zero-order valence-corrected chi connectivity index (χ0v) is 14.9. The predicted octanol–water partition coefficient (Wildman–Crippen LogP) is 3.82. The summed E-state index contributed by atoms with van der Waals surface area (Å²) in [5.41, 5.74) is 0.933. The molecule has 0 aliphatic heterocycles. The van der Waals surface area contributed by atoms with Crippen LogP contribution < -0.4 is 4.90 Å². The number of nitrogens with zero attached hydrogens (tertiary/aromatic N) is 5. The third kappa shape index (κ3) is 3.09. The first-order valence-electron chi connectivity index (χ1n) is 8.48. The molecule has 23 heavy (non-hydrogen) atoms. The van der Waals surface area contributed by atoms with Crippen molar-refractivity contribution in [2.45, 2.75) is 57.9 Å². The summed E-state index contributed by atoms with van der Waals surface area (Å²) < 4.78 is 2.07. The Balaban J connectivity index is 2.14. The van der Waals surface area contributed by atoms with Crippen molar-refractivity contribution in [3.8, 4) is 11.4 Å². The average molecular weight is 313 g/mol. The topological polar surface area (TPSA) is 46.8 Å². The number of hydrogen-bond acceptors (Lipinski definition) is 4. The third-order valence-corrected chi connectivity index (χ3v) is 4.43. The molecular weight excluding hydrogens is 286 g/mol. The van der Waals surface area contributed by atoms with Crippen molar-refractivity contribution in [1.29, 1.82) is 0 Å². The van der Waals surface area contributed by atoms with Crippen LogP contribution in [0.1, 0.15) is 58.2 Å². The monoisotopic (exact) mass is 313 g/mol. The Labute approximate surface area is 138 Å². The molecule has 0 unspecified atom stereocenters. The molecule has 0 radical (unpaired) electrons. The summed E-state index contributed by atoms with van der Waals surface area (Å²) in [6.45, 7) is 6.53. The zero-order valence-electron chi connectivity index (χ0n) is 14.9. The van der Waals surface area contributed by atoms with Gasteiger partial charge in [0.25, 0.3) is 0 Å². The number of rotatable bonds is 3.